The van der Waals surface area contributed by atoms with Crippen LogP contribution in [-0.2, 0) is 0 Å². The van der Waals surface area contributed by atoms with Crippen LogP contribution in [0.25, 0.3) is 11.3 Å². The largest absolute Gasteiger partial charge is 0.383 e. The highest BCUT2D eigenvalue weighted by Crippen LogP contribution is 2.42. The van der Waals surface area contributed by atoms with Gasteiger partial charge >= 0.3 is 0 Å². The molecule has 1 aliphatic carbocycles. The Balaban J connectivity index is 2.20. The molecular formula is C13H13ClFN3. The van der Waals surface area contributed by atoms with Gasteiger partial charge in [-0.25, -0.2) is 9.37 Å². The van der Waals surface area contributed by atoms with Crippen molar-refractivity contribution in [2.24, 2.45) is 0 Å². The van der Waals surface area contributed by atoms with Crippen LogP contribution < -0.4 is 5.73 Å². The molecule has 5 heteroatoms. The SMILES string of the molecule is Cc1nc(-c2c(F)cccc2Cl)c(N)n1C1CC1. The van der Waals surface area contributed by atoms with Crippen molar-refractivity contribution in [2.45, 2.75) is 25.8 Å². The molecule has 0 atom stereocenters. The fraction of sp³-hybridized carbons (Fsp3) is 0.308. The molecule has 1 fully saturated rings. The summed E-state index contributed by atoms with van der Waals surface area (Å²) in [6.45, 7) is 1.88. The Bertz CT molecular complexity index is 597. The minimum absolute atomic E-state index is 0.291. The average Bonchev–Trinajstić information content (AvgIpc) is 3.08. The summed E-state index contributed by atoms with van der Waals surface area (Å²) in [7, 11) is 0. The first kappa shape index (κ1) is 11.5. The van der Waals surface area contributed by atoms with Crippen molar-refractivity contribution in [3.63, 3.8) is 0 Å². The molecule has 1 heterocycles. The van der Waals surface area contributed by atoms with E-state index in [-0.39, 0.29) is 0 Å². The quantitative estimate of drug-likeness (QED) is 0.902. The smallest absolute Gasteiger partial charge is 0.134 e. The molecule has 2 aromatic rings. The van der Waals surface area contributed by atoms with Gasteiger partial charge in [0.25, 0.3) is 0 Å². The summed E-state index contributed by atoms with van der Waals surface area (Å²) in [5.41, 5.74) is 6.83. The van der Waals surface area contributed by atoms with Gasteiger partial charge in [0.1, 0.15) is 23.2 Å². The van der Waals surface area contributed by atoms with Gasteiger partial charge in [-0.1, -0.05) is 17.7 Å². The molecule has 0 aliphatic heterocycles. The fourth-order valence-electron chi connectivity index (χ4n) is 2.26. The van der Waals surface area contributed by atoms with E-state index in [9.17, 15) is 4.39 Å². The first-order valence-electron chi connectivity index (χ1n) is 5.88. The second kappa shape index (κ2) is 3.99. The van der Waals surface area contributed by atoms with Crippen LogP contribution in [0.15, 0.2) is 18.2 Å². The van der Waals surface area contributed by atoms with Gasteiger partial charge in [0, 0.05) is 6.04 Å². The number of aryl methyl sites for hydroxylation is 1. The summed E-state index contributed by atoms with van der Waals surface area (Å²) < 4.78 is 15.9. The van der Waals surface area contributed by atoms with Crippen molar-refractivity contribution < 1.29 is 4.39 Å². The van der Waals surface area contributed by atoms with Crippen molar-refractivity contribution in [1.29, 1.82) is 0 Å². The van der Waals surface area contributed by atoms with Crippen molar-refractivity contribution in [3.05, 3.63) is 34.9 Å². The zero-order chi connectivity index (χ0) is 12.9. The maximum Gasteiger partial charge on any atom is 0.134 e. The van der Waals surface area contributed by atoms with Crippen LogP contribution in [0.4, 0.5) is 10.2 Å². The van der Waals surface area contributed by atoms with Gasteiger partial charge in [-0.3, -0.25) is 0 Å². The number of nitrogens with zero attached hydrogens (tertiary/aromatic N) is 2. The molecule has 3 rings (SSSR count). The molecule has 0 amide bonds. The molecule has 2 N–H and O–H groups in total. The molecule has 3 nitrogen and oxygen atoms in total. The lowest BCUT2D eigenvalue weighted by atomic mass is 10.1. The molecule has 1 aliphatic rings. The van der Waals surface area contributed by atoms with E-state index in [1.54, 1.807) is 12.1 Å². The minimum atomic E-state index is -0.394. The molecule has 0 radical (unpaired) electrons. The number of halogens is 2. The van der Waals surface area contributed by atoms with E-state index in [4.69, 9.17) is 17.3 Å². The Morgan fingerprint density at radius 1 is 1.44 bits per heavy atom. The maximum absolute atomic E-state index is 13.9. The number of hydrogen-bond acceptors (Lipinski definition) is 2. The van der Waals surface area contributed by atoms with Gasteiger partial charge in [0.15, 0.2) is 0 Å². The Kier molecular flexibility index (Phi) is 2.55. The monoisotopic (exact) mass is 265 g/mol. The Hall–Kier alpha value is -1.55. The van der Waals surface area contributed by atoms with Crippen molar-refractivity contribution in [2.75, 3.05) is 5.73 Å². The summed E-state index contributed by atoms with van der Waals surface area (Å²) in [6, 6.07) is 5.00. The van der Waals surface area contributed by atoms with Gasteiger partial charge in [0.05, 0.1) is 10.6 Å². The number of benzene rings is 1. The summed E-state index contributed by atoms with van der Waals surface area (Å²) in [5, 5.41) is 0.335. The molecule has 94 valence electrons. The molecule has 1 saturated carbocycles. The number of nitrogens with two attached hydrogens (primary N) is 1. The summed E-state index contributed by atoms with van der Waals surface area (Å²) >= 11 is 6.05. The lowest BCUT2D eigenvalue weighted by molar-refractivity contribution is 0.631. The first-order chi connectivity index (χ1) is 8.59. The fourth-order valence-corrected chi connectivity index (χ4v) is 2.52. The second-order valence-electron chi connectivity index (χ2n) is 4.59. The van der Waals surface area contributed by atoms with Gasteiger partial charge in [0.2, 0.25) is 0 Å². The number of rotatable bonds is 2. The predicted octanol–water partition coefficient (Wildman–Crippen LogP) is 3.57. The third-order valence-corrected chi connectivity index (χ3v) is 3.55. The van der Waals surface area contributed by atoms with Crippen LogP contribution in [0, 0.1) is 12.7 Å². The summed E-state index contributed by atoms with van der Waals surface area (Å²) in [6.07, 6.45) is 2.21. The summed E-state index contributed by atoms with van der Waals surface area (Å²) in [4.78, 5) is 4.38. The average molecular weight is 266 g/mol. The van der Waals surface area contributed by atoms with Gasteiger partial charge < -0.3 is 10.3 Å². The Labute approximate surface area is 109 Å². The number of aromatic nitrogens is 2. The van der Waals surface area contributed by atoms with E-state index < -0.39 is 5.82 Å². The highest BCUT2D eigenvalue weighted by atomic mass is 35.5. The zero-order valence-corrected chi connectivity index (χ0v) is 10.7. The normalized spacial score (nSPS) is 15.1. The van der Waals surface area contributed by atoms with Crippen molar-refractivity contribution in [1.82, 2.24) is 9.55 Å². The predicted molar refractivity (Wildman–Crippen MR) is 70.1 cm³/mol. The highest BCUT2D eigenvalue weighted by Gasteiger charge is 2.29. The molecule has 0 spiro atoms. The molecule has 18 heavy (non-hydrogen) atoms. The standard InChI is InChI=1S/C13H13ClFN3/c1-7-17-12(13(16)18(7)8-5-6-8)11-9(14)3-2-4-10(11)15/h2-4,8H,5-6,16H2,1H3. The van der Waals surface area contributed by atoms with Gasteiger partial charge in [-0.2, -0.15) is 0 Å². The minimum Gasteiger partial charge on any atom is -0.383 e. The van der Waals surface area contributed by atoms with Crippen molar-refractivity contribution in [3.8, 4) is 11.3 Å². The third-order valence-electron chi connectivity index (χ3n) is 3.24. The molecular weight excluding hydrogens is 253 g/mol. The van der Waals surface area contributed by atoms with Crippen LogP contribution in [0.5, 0.6) is 0 Å². The zero-order valence-electron chi connectivity index (χ0n) is 9.95. The van der Waals surface area contributed by atoms with Crippen LogP contribution >= 0.6 is 11.6 Å². The van der Waals surface area contributed by atoms with E-state index in [0.717, 1.165) is 18.7 Å². The topological polar surface area (TPSA) is 43.8 Å². The van der Waals surface area contributed by atoms with E-state index in [1.807, 2.05) is 11.5 Å². The van der Waals surface area contributed by atoms with Crippen molar-refractivity contribution >= 4 is 17.4 Å². The van der Waals surface area contributed by atoms with E-state index in [2.05, 4.69) is 4.98 Å². The Morgan fingerprint density at radius 2 is 2.17 bits per heavy atom. The van der Waals surface area contributed by atoms with Crippen LogP contribution in [-0.4, -0.2) is 9.55 Å². The molecule has 1 aromatic carbocycles. The number of hydrogen-bond donors (Lipinski definition) is 1. The van der Waals surface area contributed by atoms with Crippen LogP contribution in [0.3, 0.4) is 0 Å². The van der Waals surface area contributed by atoms with Gasteiger partial charge in [-0.05, 0) is 31.9 Å². The lowest BCUT2D eigenvalue weighted by Crippen LogP contribution is -2.02. The van der Waals surface area contributed by atoms with Crippen LogP contribution in [0.1, 0.15) is 24.7 Å². The molecule has 0 saturated heterocycles. The second-order valence-corrected chi connectivity index (χ2v) is 5.00. The number of anilines is 1. The summed E-state index contributed by atoms with van der Waals surface area (Å²) in [5.74, 6) is 0.918. The first-order valence-corrected chi connectivity index (χ1v) is 6.26. The third kappa shape index (κ3) is 1.68. The Morgan fingerprint density at radius 3 is 2.78 bits per heavy atom. The van der Waals surface area contributed by atoms with E-state index in [1.165, 1.54) is 6.07 Å². The molecule has 0 bridgehead atoms. The van der Waals surface area contributed by atoms with Gasteiger partial charge in [-0.15, -0.1) is 0 Å². The van der Waals surface area contributed by atoms with E-state index in [0.29, 0.717) is 28.1 Å². The maximum atomic E-state index is 13.9. The van der Waals surface area contributed by atoms with E-state index >= 15 is 0 Å². The number of imidazole rings is 1. The molecule has 0 unspecified atom stereocenters. The lowest BCUT2D eigenvalue weighted by Gasteiger charge is -2.06. The number of nitrogen functional groups attached to an aromatic ring is 1. The molecule has 1 aromatic heterocycles. The van der Waals surface area contributed by atoms with Crippen LogP contribution in [0.2, 0.25) is 5.02 Å². The highest BCUT2D eigenvalue weighted by molar-refractivity contribution is 6.33.